The minimum Gasteiger partial charge on any atom is -0.481 e. The van der Waals surface area contributed by atoms with Crippen LogP contribution in [0.2, 0.25) is 0 Å². The van der Waals surface area contributed by atoms with Crippen molar-refractivity contribution in [2.24, 2.45) is 11.8 Å². The van der Waals surface area contributed by atoms with E-state index in [2.05, 4.69) is 10.6 Å². The second-order valence-electron chi connectivity index (χ2n) is 4.64. The SMILES string of the molecule is COCCNCC(=O)NCC(CC(C)C)C(=O)O. The van der Waals surface area contributed by atoms with Crippen molar-refractivity contribution >= 4 is 11.9 Å². The molecule has 6 nitrogen and oxygen atoms in total. The van der Waals surface area contributed by atoms with Gasteiger partial charge in [-0.25, -0.2) is 0 Å². The Kier molecular flexibility index (Phi) is 9.22. The number of carboxylic acids is 1. The molecule has 0 saturated heterocycles. The molecule has 0 bridgehead atoms. The van der Waals surface area contributed by atoms with Crippen molar-refractivity contribution in [2.45, 2.75) is 20.3 Å². The van der Waals surface area contributed by atoms with E-state index < -0.39 is 11.9 Å². The maximum atomic E-state index is 11.4. The zero-order valence-electron chi connectivity index (χ0n) is 11.4. The summed E-state index contributed by atoms with van der Waals surface area (Å²) < 4.78 is 4.83. The largest absolute Gasteiger partial charge is 0.481 e. The fourth-order valence-corrected chi connectivity index (χ4v) is 1.52. The Morgan fingerprint density at radius 1 is 1.33 bits per heavy atom. The highest BCUT2D eigenvalue weighted by Gasteiger charge is 2.19. The van der Waals surface area contributed by atoms with Crippen LogP contribution >= 0.6 is 0 Å². The lowest BCUT2D eigenvalue weighted by atomic mass is 9.97. The smallest absolute Gasteiger partial charge is 0.308 e. The zero-order chi connectivity index (χ0) is 14.0. The number of aliphatic carboxylic acids is 1. The van der Waals surface area contributed by atoms with Gasteiger partial charge in [-0.05, 0) is 12.3 Å². The van der Waals surface area contributed by atoms with Crippen molar-refractivity contribution in [3.63, 3.8) is 0 Å². The van der Waals surface area contributed by atoms with Gasteiger partial charge in [0.05, 0.1) is 19.1 Å². The van der Waals surface area contributed by atoms with Crippen molar-refractivity contribution in [1.29, 1.82) is 0 Å². The summed E-state index contributed by atoms with van der Waals surface area (Å²) in [6.45, 7) is 5.42. The molecule has 6 heteroatoms. The van der Waals surface area contributed by atoms with Crippen LogP contribution in [0.4, 0.5) is 0 Å². The van der Waals surface area contributed by atoms with Crippen LogP contribution in [-0.2, 0) is 14.3 Å². The molecule has 1 atom stereocenters. The molecular formula is C12H24N2O4. The van der Waals surface area contributed by atoms with E-state index in [1.165, 1.54) is 0 Å². The van der Waals surface area contributed by atoms with Gasteiger partial charge in [-0.15, -0.1) is 0 Å². The number of carboxylic acid groups (broad SMARTS) is 1. The van der Waals surface area contributed by atoms with E-state index in [1.54, 1.807) is 7.11 Å². The van der Waals surface area contributed by atoms with Gasteiger partial charge in [0, 0.05) is 20.2 Å². The fourth-order valence-electron chi connectivity index (χ4n) is 1.52. The van der Waals surface area contributed by atoms with Gasteiger partial charge in [-0.2, -0.15) is 0 Å². The molecule has 18 heavy (non-hydrogen) atoms. The quantitative estimate of drug-likeness (QED) is 0.484. The first-order valence-corrected chi connectivity index (χ1v) is 6.16. The monoisotopic (exact) mass is 260 g/mol. The summed E-state index contributed by atoms with van der Waals surface area (Å²) in [4.78, 5) is 22.4. The molecule has 0 aliphatic heterocycles. The molecular weight excluding hydrogens is 236 g/mol. The van der Waals surface area contributed by atoms with Crippen LogP contribution in [0.5, 0.6) is 0 Å². The van der Waals surface area contributed by atoms with Crippen LogP contribution in [-0.4, -0.2) is 50.3 Å². The topological polar surface area (TPSA) is 87.7 Å². The Morgan fingerprint density at radius 3 is 2.50 bits per heavy atom. The summed E-state index contributed by atoms with van der Waals surface area (Å²) in [6.07, 6.45) is 0.562. The van der Waals surface area contributed by atoms with Crippen molar-refractivity contribution in [3.05, 3.63) is 0 Å². The van der Waals surface area contributed by atoms with Gasteiger partial charge in [-0.1, -0.05) is 13.8 Å². The van der Waals surface area contributed by atoms with Gasteiger partial charge >= 0.3 is 5.97 Å². The minimum atomic E-state index is -0.864. The Bertz CT molecular complexity index is 256. The second-order valence-corrected chi connectivity index (χ2v) is 4.64. The van der Waals surface area contributed by atoms with Crippen LogP contribution in [0.3, 0.4) is 0 Å². The van der Waals surface area contributed by atoms with Crippen molar-refractivity contribution < 1.29 is 19.4 Å². The predicted octanol–water partition coefficient (Wildman–Crippen LogP) is 0.0855. The first-order chi connectivity index (χ1) is 8.47. The zero-order valence-corrected chi connectivity index (χ0v) is 11.4. The number of carbonyl (C=O) groups is 2. The molecule has 1 amide bonds. The molecule has 1 unspecified atom stereocenters. The number of nitrogens with one attached hydrogen (secondary N) is 2. The molecule has 0 aliphatic rings. The van der Waals surface area contributed by atoms with Crippen molar-refractivity contribution in [3.8, 4) is 0 Å². The number of hydrogen-bond donors (Lipinski definition) is 3. The molecule has 0 fully saturated rings. The molecule has 0 saturated carbocycles. The van der Waals surface area contributed by atoms with E-state index >= 15 is 0 Å². The van der Waals surface area contributed by atoms with Gasteiger partial charge in [0.2, 0.25) is 5.91 Å². The van der Waals surface area contributed by atoms with Gasteiger partial charge in [0.15, 0.2) is 0 Å². The highest BCUT2D eigenvalue weighted by molar-refractivity contribution is 5.79. The maximum Gasteiger partial charge on any atom is 0.308 e. The molecule has 0 aromatic rings. The molecule has 0 heterocycles. The summed E-state index contributed by atoms with van der Waals surface area (Å²) in [5, 5.41) is 14.5. The van der Waals surface area contributed by atoms with E-state index in [4.69, 9.17) is 9.84 Å². The molecule has 0 aromatic heterocycles. The summed E-state index contributed by atoms with van der Waals surface area (Å²) in [6, 6.07) is 0. The maximum absolute atomic E-state index is 11.4. The van der Waals surface area contributed by atoms with Crippen LogP contribution in [0, 0.1) is 11.8 Å². The normalized spacial score (nSPS) is 12.4. The predicted molar refractivity (Wildman–Crippen MR) is 68.3 cm³/mol. The average molecular weight is 260 g/mol. The summed E-state index contributed by atoms with van der Waals surface area (Å²) in [5.41, 5.74) is 0. The van der Waals surface area contributed by atoms with Crippen LogP contribution < -0.4 is 10.6 Å². The molecule has 0 aromatic carbocycles. The van der Waals surface area contributed by atoms with E-state index in [-0.39, 0.29) is 19.0 Å². The third kappa shape index (κ3) is 8.95. The number of ether oxygens (including phenoxy) is 1. The van der Waals surface area contributed by atoms with Gasteiger partial charge < -0.3 is 20.5 Å². The third-order valence-electron chi connectivity index (χ3n) is 2.42. The number of hydrogen-bond acceptors (Lipinski definition) is 4. The van der Waals surface area contributed by atoms with Crippen molar-refractivity contribution in [2.75, 3.05) is 33.4 Å². The van der Waals surface area contributed by atoms with E-state index in [9.17, 15) is 9.59 Å². The van der Waals surface area contributed by atoms with Gasteiger partial charge in [-0.3, -0.25) is 9.59 Å². The Morgan fingerprint density at radius 2 is 2.00 bits per heavy atom. The number of methoxy groups -OCH3 is 1. The summed E-state index contributed by atoms with van der Waals surface area (Å²) in [7, 11) is 1.59. The van der Waals surface area contributed by atoms with Crippen LogP contribution in [0.15, 0.2) is 0 Å². The lowest BCUT2D eigenvalue weighted by Gasteiger charge is -2.15. The Balaban J connectivity index is 3.82. The summed E-state index contributed by atoms with van der Waals surface area (Å²) >= 11 is 0. The summed E-state index contributed by atoms with van der Waals surface area (Å²) in [5.74, 6) is -1.28. The minimum absolute atomic E-state index is 0.178. The van der Waals surface area contributed by atoms with Crippen LogP contribution in [0.25, 0.3) is 0 Å². The van der Waals surface area contributed by atoms with Gasteiger partial charge in [0.25, 0.3) is 0 Å². The molecule has 0 rings (SSSR count). The molecule has 0 spiro atoms. The molecule has 0 radical (unpaired) electrons. The lowest BCUT2D eigenvalue weighted by Crippen LogP contribution is -2.39. The first-order valence-electron chi connectivity index (χ1n) is 6.16. The fraction of sp³-hybridized carbons (Fsp3) is 0.833. The lowest BCUT2D eigenvalue weighted by molar-refractivity contribution is -0.142. The Labute approximate surface area is 108 Å². The molecule has 3 N–H and O–H groups in total. The van der Waals surface area contributed by atoms with E-state index in [1.807, 2.05) is 13.8 Å². The van der Waals surface area contributed by atoms with Crippen LogP contribution in [0.1, 0.15) is 20.3 Å². The Hall–Kier alpha value is -1.14. The third-order valence-corrected chi connectivity index (χ3v) is 2.42. The molecule has 0 aliphatic carbocycles. The second kappa shape index (κ2) is 9.85. The standard InChI is InChI=1S/C12H24N2O4/c1-9(2)6-10(12(16)17)7-14-11(15)8-13-4-5-18-3/h9-10,13H,4-8H2,1-3H3,(H,14,15)(H,16,17). The van der Waals surface area contributed by atoms with E-state index in [0.29, 0.717) is 25.5 Å². The first kappa shape index (κ1) is 16.9. The number of carbonyl (C=O) groups excluding carboxylic acids is 1. The van der Waals surface area contributed by atoms with Crippen molar-refractivity contribution in [1.82, 2.24) is 10.6 Å². The van der Waals surface area contributed by atoms with Gasteiger partial charge in [0.1, 0.15) is 0 Å². The number of rotatable bonds is 10. The highest BCUT2D eigenvalue weighted by atomic mass is 16.5. The average Bonchev–Trinajstić information content (AvgIpc) is 2.29. The highest BCUT2D eigenvalue weighted by Crippen LogP contribution is 2.10. The van der Waals surface area contributed by atoms with E-state index in [0.717, 1.165) is 0 Å². The molecule has 106 valence electrons. The number of amides is 1.